The lowest BCUT2D eigenvalue weighted by atomic mass is 9.82. The van der Waals surface area contributed by atoms with Gasteiger partial charge in [-0.25, -0.2) is 15.0 Å². The minimum atomic E-state index is -0.0780. The Morgan fingerprint density at radius 3 is 1.94 bits per heavy atom. The molecule has 0 aliphatic heterocycles. The third kappa shape index (κ3) is 4.47. The van der Waals surface area contributed by atoms with E-state index in [-0.39, 0.29) is 5.41 Å². The lowest BCUT2D eigenvalue weighted by Gasteiger charge is -2.21. The maximum Gasteiger partial charge on any atom is 0.164 e. The number of hydrogen-bond donors (Lipinski definition) is 0. The van der Waals surface area contributed by atoms with Crippen LogP contribution in [0.2, 0.25) is 0 Å². The lowest BCUT2D eigenvalue weighted by molar-refractivity contribution is 0.661. The average molecular weight is 681 g/mol. The molecule has 0 saturated heterocycles. The van der Waals surface area contributed by atoms with Crippen LogP contribution in [0.25, 0.3) is 94.7 Å². The van der Waals surface area contributed by atoms with Crippen molar-refractivity contribution in [1.29, 1.82) is 0 Å². The van der Waals surface area contributed by atoms with Crippen LogP contribution >= 0.6 is 0 Å². The van der Waals surface area contributed by atoms with Crippen LogP contribution in [0.5, 0.6) is 0 Å². The first-order chi connectivity index (χ1) is 26.0. The van der Waals surface area contributed by atoms with E-state index in [1.165, 1.54) is 38.5 Å². The largest absolute Gasteiger partial charge is 0.456 e. The normalized spacial score (nSPS) is 13.2. The van der Waals surface area contributed by atoms with Crippen molar-refractivity contribution >= 4 is 43.7 Å². The molecular formula is C48H32N4O. The summed E-state index contributed by atoms with van der Waals surface area (Å²) in [7, 11) is 0. The van der Waals surface area contributed by atoms with Crippen LogP contribution in [-0.2, 0) is 5.41 Å². The summed E-state index contributed by atoms with van der Waals surface area (Å²) in [6.45, 7) is 4.68. The molecule has 0 saturated carbocycles. The van der Waals surface area contributed by atoms with Gasteiger partial charge in [0.25, 0.3) is 0 Å². The van der Waals surface area contributed by atoms with E-state index in [4.69, 9.17) is 19.4 Å². The lowest BCUT2D eigenvalue weighted by Crippen LogP contribution is -2.14. The first-order valence-electron chi connectivity index (χ1n) is 18.0. The maximum absolute atomic E-state index is 6.14. The molecule has 1 aliphatic carbocycles. The minimum Gasteiger partial charge on any atom is -0.456 e. The number of furan rings is 1. The SMILES string of the molecule is CC1(C)c2ccccc2-c2cc3c(cc21)c1ccccc1n3-c1cccc(-c2nc(-c3ccccc3)nc(-c3ccc4oc5ccccc5c4c3)n2)c1. The number of hydrogen-bond acceptors (Lipinski definition) is 4. The number of aromatic nitrogens is 4. The predicted molar refractivity (Wildman–Crippen MR) is 215 cm³/mol. The molecule has 0 spiro atoms. The fourth-order valence-corrected chi connectivity index (χ4v) is 8.44. The fraction of sp³-hybridized carbons (Fsp3) is 0.0625. The molecule has 10 aromatic rings. The third-order valence-corrected chi connectivity index (χ3v) is 11.0. The highest BCUT2D eigenvalue weighted by Gasteiger charge is 2.36. The number of para-hydroxylation sites is 2. The zero-order valence-corrected chi connectivity index (χ0v) is 29.2. The summed E-state index contributed by atoms with van der Waals surface area (Å²) in [4.78, 5) is 15.3. The van der Waals surface area contributed by atoms with E-state index in [0.29, 0.717) is 17.5 Å². The van der Waals surface area contributed by atoms with Crippen LogP contribution in [0.1, 0.15) is 25.0 Å². The predicted octanol–water partition coefficient (Wildman–Crippen LogP) is 12.2. The monoisotopic (exact) mass is 680 g/mol. The summed E-state index contributed by atoms with van der Waals surface area (Å²) in [6, 6.07) is 55.4. The van der Waals surface area contributed by atoms with Gasteiger partial charge in [0.2, 0.25) is 0 Å². The van der Waals surface area contributed by atoms with Gasteiger partial charge in [-0.05, 0) is 76.9 Å². The summed E-state index contributed by atoms with van der Waals surface area (Å²) in [6.07, 6.45) is 0. The molecule has 0 atom stereocenters. The van der Waals surface area contributed by atoms with Crippen molar-refractivity contribution in [2.45, 2.75) is 19.3 Å². The molecule has 0 fully saturated rings. The molecule has 5 heteroatoms. The van der Waals surface area contributed by atoms with Gasteiger partial charge in [0.15, 0.2) is 17.5 Å². The summed E-state index contributed by atoms with van der Waals surface area (Å²) < 4.78 is 8.52. The Balaban J connectivity index is 1.11. The number of benzene rings is 7. The quantitative estimate of drug-likeness (QED) is 0.186. The first-order valence-corrected chi connectivity index (χ1v) is 18.0. The molecule has 0 N–H and O–H groups in total. The van der Waals surface area contributed by atoms with Gasteiger partial charge in [0.1, 0.15) is 11.2 Å². The van der Waals surface area contributed by atoms with E-state index < -0.39 is 0 Å². The number of rotatable bonds is 4. The average Bonchev–Trinajstić information content (AvgIpc) is 3.82. The molecule has 5 nitrogen and oxygen atoms in total. The van der Waals surface area contributed by atoms with Crippen LogP contribution in [0.15, 0.2) is 162 Å². The van der Waals surface area contributed by atoms with E-state index in [9.17, 15) is 0 Å². The molecule has 0 amide bonds. The van der Waals surface area contributed by atoms with Gasteiger partial charge >= 0.3 is 0 Å². The van der Waals surface area contributed by atoms with Crippen molar-refractivity contribution < 1.29 is 4.42 Å². The first kappa shape index (κ1) is 29.8. The fourth-order valence-electron chi connectivity index (χ4n) is 8.44. The molecule has 250 valence electrons. The second-order valence-corrected chi connectivity index (χ2v) is 14.5. The van der Waals surface area contributed by atoms with Crippen molar-refractivity contribution in [2.75, 3.05) is 0 Å². The molecular weight excluding hydrogens is 649 g/mol. The van der Waals surface area contributed by atoms with E-state index in [0.717, 1.165) is 49.8 Å². The second kappa shape index (κ2) is 11.1. The van der Waals surface area contributed by atoms with Gasteiger partial charge in [-0.3, -0.25) is 0 Å². The molecule has 0 radical (unpaired) electrons. The number of fused-ring (bicyclic) bond motifs is 9. The molecule has 0 unspecified atom stereocenters. The Kier molecular flexibility index (Phi) is 6.23. The number of nitrogens with zero attached hydrogens (tertiary/aromatic N) is 4. The van der Waals surface area contributed by atoms with Gasteiger partial charge < -0.3 is 8.98 Å². The van der Waals surface area contributed by atoms with Crippen molar-refractivity contribution in [3.63, 3.8) is 0 Å². The van der Waals surface area contributed by atoms with Crippen LogP contribution in [0.3, 0.4) is 0 Å². The van der Waals surface area contributed by atoms with Gasteiger partial charge in [0.05, 0.1) is 11.0 Å². The standard InChI is InChI=1S/C48H32N4O/c1-48(2)39-20-9-6-17-33(39)36-28-42-37(27-40(36)48)34-18-7-10-21-41(34)52(42)32-16-12-15-30(25-32)46-49-45(29-13-4-3-5-14-29)50-47(51-46)31-23-24-44-38(26-31)35-19-8-11-22-43(35)53-44/h3-28H,1-2H3. The molecule has 11 rings (SSSR count). The second-order valence-electron chi connectivity index (χ2n) is 14.5. The van der Waals surface area contributed by atoms with Crippen LogP contribution in [0, 0.1) is 0 Å². The molecule has 3 aromatic heterocycles. The van der Waals surface area contributed by atoms with Crippen LogP contribution < -0.4 is 0 Å². The highest BCUT2D eigenvalue weighted by atomic mass is 16.3. The summed E-state index contributed by atoms with van der Waals surface area (Å²) in [5, 5.41) is 4.59. The molecule has 1 aliphatic rings. The van der Waals surface area contributed by atoms with Gasteiger partial charge in [0, 0.05) is 49.3 Å². The van der Waals surface area contributed by atoms with Crippen molar-refractivity contribution in [1.82, 2.24) is 19.5 Å². The molecule has 7 aromatic carbocycles. The molecule has 0 bridgehead atoms. The van der Waals surface area contributed by atoms with Crippen molar-refractivity contribution in [3.05, 3.63) is 169 Å². The van der Waals surface area contributed by atoms with Crippen molar-refractivity contribution in [3.8, 4) is 51.0 Å². The smallest absolute Gasteiger partial charge is 0.164 e. The highest BCUT2D eigenvalue weighted by molar-refractivity contribution is 6.11. The summed E-state index contributed by atoms with van der Waals surface area (Å²) in [5.74, 6) is 1.85. The van der Waals surface area contributed by atoms with Crippen LogP contribution in [-0.4, -0.2) is 19.5 Å². The van der Waals surface area contributed by atoms with E-state index >= 15 is 0 Å². The summed E-state index contributed by atoms with van der Waals surface area (Å²) >= 11 is 0. The van der Waals surface area contributed by atoms with Gasteiger partial charge in [-0.1, -0.05) is 117 Å². The Bertz CT molecular complexity index is 3100. The summed E-state index contributed by atoms with van der Waals surface area (Å²) in [5.41, 5.74) is 13.1. The van der Waals surface area contributed by atoms with Gasteiger partial charge in [-0.2, -0.15) is 0 Å². The topological polar surface area (TPSA) is 56.7 Å². The van der Waals surface area contributed by atoms with E-state index in [1.54, 1.807) is 0 Å². The Morgan fingerprint density at radius 2 is 1.09 bits per heavy atom. The molecule has 53 heavy (non-hydrogen) atoms. The van der Waals surface area contributed by atoms with E-state index in [1.807, 2.05) is 60.7 Å². The zero-order valence-electron chi connectivity index (χ0n) is 29.2. The Morgan fingerprint density at radius 1 is 0.434 bits per heavy atom. The highest BCUT2D eigenvalue weighted by Crippen LogP contribution is 2.51. The Labute approximate surface area is 305 Å². The maximum atomic E-state index is 6.14. The molecule has 3 heterocycles. The Hall–Kier alpha value is -6.85. The van der Waals surface area contributed by atoms with Crippen molar-refractivity contribution in [2.24, 2.45) is 0 Å². The van der Waals surface area contributed by atoms with E-state index in [2.05, 4.69) is 115 Å². The third-order valence-electron chi connectivity index (χ3n) is 11.0. The zero-order chi connectivity index (χ0) is 35.3. The van der Waals surface area contributed by atoms with Crippen LogP contribution in [0.4, 0.5) is 0 Å². The minimum absolute atomic E-state index is 0.0780. The van der Waals surface area contributed by atoms with Gasteiger partial charge in [-0.15, -0.1) is 0 Å².